The van der Waals surface area contributed by atoms with Gasteiger partial charge < -0.3 is 20.5 Å². The number of aliphatic hydroxyl groups is 1. The van der Waals surface area contributed by atoms with Crippen molar-refractivity contribution in [3.05, 3.63) is 29.8 Å². The van der Waals surface area contributed by atoms with Gasteiger partial charge in [-0.15, -0.1) is 0 Å². The highest BCUT2D eigenvalue weighted by molar-refractivity contribution is 5.92. The molecule has 0 aromatic heterocycles. The van der Waals surface area contributed by atoms with E-state index in [2.05, 4.69) is 4.90 Å². The molecule has 2 fully saturated rings. The number of carbonyl (C=O) groups is 1. The van der Waals surface area contributed by atoms with E-state index in [1.54, 1.807) is 24.3 Å². The standard InChI is InChI=1S/C20H30N2O3/c21-19(24)17-5-7-18(8-6-17)25-12-2-11-22-10-1-9-20(14-22,15-23)13-16-3-4-16/h5-8,16,23H,1-4,9-15H2,(H2,21,24)/t20-/m1/s1. The zero-order valence-electron chi connectivity index (χ0n) is 15.0. The Labute approximate surface area is 150 Å². The molecule has 0 unspecified atom stereocenters. The molecule has 1 saturated carbocycles. The predicted octanol–water partition coefficient (Wildman–Crippen LogP) is 2.43. The molecular weight excluding hydrogens is 316 g/mol. The largest absolute Gasteiger partial charge is 0.494 e. The monoisotopic (exact) mass is 346 g/mol. The molecule has 1 heterocycles. The van der Waals surface area contributed by atoms with E-state index < -0.39 is 5.91 Å². The van der Waals surface area contributed by atoms with Crippen molar-refractivity contribution < 1.29 is 14.6 Å². The zero-order valence-corrected chi connectivity index (χ0v) is 15.0. The van der Waals surface area contributed by atoms with E-state index in [1.165, 1.54) is 32.1 Å². The molecule has 1 aliphatic heterocycles. The van der Waals surface area contributed by atoms with E-state index >= 15 is 0 Å². The summed E-state index contributed by atoms with van der Waals surface area (Å²) < 4.78 is 5.76. The summed E-state index contributed by atoms with van der Waals surface area (Å²) in [6, 6.07) is 6.95. The van der Waals surface area contributed by atoms with Crippen LogP contribution in [0.15, 0.2) is 24.3 Å². The Morgan fingerprint density at radius 1 is 1.32 bits per heavy atom. The number of amides is 1. The van der Waals surface area contributed by atoms with E-state index in [4.69, 9.17) is 10.5 Å². The number of hydrogen-bond acceptors (Lipinski definition) is 4. The fraction of sp³-hybridized carbons (Fsp3) is 0.650. The third kappa shape index (κ3) is 5.19. The fourth-order valence-electron chi connectivity index (χ4n) is 3.99. The lowest BCUT2D eigenvalue weighted by atomic mass is 9.76. The Morgan fingerprint density at radius 3 is 2.72 bits per heavy atom. The van der Waals surface area contributed by atoms with Crippen LogP contribution in [0.1, 0.15) is 48.9 Å². The van der Waals surface area contributed by atoms with Crippen molar-refractivity contribution in [3.63, 3.8) is 0 Å². The molecule has 1 aliphatic carbocycles. The van der Waals surface area contributed by atoms with Gasteiger partial charge in [0.15, 0.2) is 0 Å². The molecule has 1 aromatic carbocycles. The lowest BCUT2D eigenvalue weighted by molar-refractivity contribution is 0.0197. The van der Waals surface area contributed by atoms with Gasteiger partial charge in [-0.3, -0.25) is 4.79 Å². The van der Waals surface area contributed by atoms with Crippen LogP contribution in [0.2, 0.25) is 0 Å². The van der Waals surface area contributed by atoms with Crippen LogP contribution < -0.4 is 10.5 Å². The lowest BCUT2D eigenvalue weighted by Gasteiger charge is -2.42. The number of likely N-dealkylation sites (tertiary alicyclic amines) is 1. The summed E-state index contributed by atoms with van der Waals surface area (Å²) in [5.74, 6) is 1.20. The van der Waals surface area contributed by atoms with Gasteiger partial charge in [0, 0.05) is 30.7 Å². The number of aliphatic hydroxyl groups excluding tert-OH is 1. The van der Waals surface area contributed by atoms with Gasteiger partial charge in [-0.25, -0.2) is 0 Å². The Bertz CT molecular complexity index is 571. The quantitative estimate of drug-likeness (QED) is 0.673. The van der Waals surface area contributed by atoms with Crippen molar-refractivity contribution in [2.24, 2.45) is 17.1 Å². The van der Waals surface area contributed by atoms with Gasteiger partial charge in [-0.1, -0.05) is 12.8 Å². The Morgan fingerprint density at radius 2 is 2.08 bits per heavy atom. The van der Waals surface area contributed by atoms with Crippen LogP contribution in [-0.2, 0) is 0 Å². The molecule has 1 aromatic rings. The molecule has 1 amide bonds. The van der Waals surface area contributed by atoms with Gasteiger partial charge in [0.05, 0.1) is 6.61 Å². The van der Waals surface area contributed by atoms with Crippen molar-refractivity contribution in [2.45, 2.75) is 38.5 Å². The van der Waals surface area contributed by atoms with Crippen molar-refractivity contribution in [3.8, 4) is 5.75 Å². The number of piperidine rings is 1. The number of nitrogens with zero attached hydrogens (tertiary/aromatic N) is 1. The molecule has 0 bridgehead atoms. The number of benzene rings is 1. The molecule has 1 saturated heterocycles. The van der Waals surface area contributed by atoms with Gasteiger partial charge in [0.25, 0.3) is 0 Å². The first kappa shape index (κ1) is 18.2. The highest BCUT2D eigenvalue weighted by atomic mass is 16.5. The Kier molecular flexibility index (Phi) is 5.97. The smallest absolute Gasteiger partial charge is 0.248 e. The highest BCUT2D eigenvalue weighted by Gasteiger charge is 2.39. The molecule has 2 aliphatic rings. The maximum atomic E-state index is 11.1. The van der Waals surface area contributed by atoms with Gasteiger partial charge in [-0.2, -0.15) is 0 Å². The van der Waals surface area contributed by atoms with Crippen LogP contribution in [0, 0.1) is 11.3 Å². The average Bonchev–Trinajstić information content (AvgIpc) is 3.43. The highest BCUT2D eigenvalue weighted by Crippen LogP contribution is 2.44. The van der Waals surface area contributed by atoms with Gasteiger partial charge in [0.1, 0.15) is 5.75 Å². The fourth-order valence-corrected chi connectivity index (χ4v) is 3.99. The molecule has 138 valence electrons. The molecular formula is C20H30N2O3. The van der Waals surface area contributed by atoms with Crippen LogP contribution in [0.5, 0.6) is 5.75 Å². The number of ether oxygens (including phenoxy) is 1. The second-order valence-corrected chi connectivity index (χ2v) is 7.78. The topological polar surface area (TPSA) is 75.8 Å². The molecule has 25 heavy (non-hydrogen) atoms. The Hall–Kier alpha value is -1.59. The van der Waals surface area contributed by atoms with Crippen LogP contribution in [0.3, 0.4) is 0 Å². The molecule has 0 spiro atoms. The number of nitrogens with two attached hydrogens (primary N) is 1. The van der Waals surface area contributed by atoms with E-state index in [9.17, 15) is 9.90 Å². The van der Waals surface area contributed by atoms with Crippen LogP contribution in [0.25, 0.3) is 0 Å². The van der Waals surface area contributed by atoms with Gasteiger partial charge >= 0.3 is 0 Å². The molecule has 3 N–H and O–H groups in total. The Balaban J connectivity index is 1.40. The minimum absolute atomic E-state index is 0.130. The molecule has 3 rings (SSSR count). The number of rotatable bonds is 9. The average molecular weight is 346 g/mol. The third-order valence-corrected chi connectivity index (χ3v) is 5.52. The van der Waals surface area contributed by atoms with Gasteiger partial charge in [-0.05, 0) is 62.4 Å². The normalized spacial score (nSPS) is 24.2. The summed E-state index contributed by atoms with van der Waals surface area (Å²) in [5, 5.41) is 9.93. The number of hydrogen-bond donors (Lipinski definition) is 2. The van der Waals surface area contributed by atoms with E-state index in [0.717, 1.165) is 37.7 Å². The summed E-state index contributed by atoms with van der Waals surface area (Å²) >= 11 is 0. The van der Waals surface area contributed by atoms with E-state index in [1.807, 2.05) is 0 Å². The summed E-state index contributed by atoms with van der Waals surface area (Å²) in [5.41, 5.74) is 5.86. The van der Waals surface area contributed by atoms with Crippen molar-refractivity contribution in [2.75, 3.05) is 32.8 Å². The molecule has 1 atom stereocenters. The van der Waals surface area contributed by atoms with Crippen molar-refractivity contribution >= 4 is 5.91 Å². The lowest BCUT2D eigenvalue weighted by Crippen LogP contribution is -2.46. The third-order valence-electron chi connectivity index (χ3n) is 5.52. The second-order valence-electron chi connectivity index (χ2n) is 7.78. The number of primary amides is 1. The van der Waals surface area contributed by atoms with Crippen LogP contribution in [0.4, 0.5) is 0 Å². The van der Waals surface area contributed by atoms with E-state index in [-0.39, 0.29) is 5.41 Å². The first-order valence-corrected chi connectivity index (χ1v) is 9.46. The maximum Gasteiger partial charge on any atom is 0.248 e. The maximum absolute atomic E-state index is 11.1. The second kappa shape index (κ2) is 8.19. The first-order valence-electron chi connectivity index (χ1n) is 9.46. The predicted molar refractivity (Wildman–Crippen MR) is 97.6 cm³/mol. The summed E-state index contributed by atoms with van der Waals surface area (Å²) in [6.07, 6.45) is 7.21. The van der Waals surface area contributed by atoms with Crippen molar-refractivity contribution in [1.29, 1.82) is 0 Å². The summed E-state index contributed by atoms with van der Waals surface area (Å²) in [4.78, 5) is 13.5. The number of carbonyl (C=O) groups excluding carboxylic acids is 1. The van der Waals surface area contributed by atoms with Crippen LogP contribution in [-0.4, -0.2) is 48.8 Å². The molecule has 5 heteroatoms. The van der Waals surface area contributed by atoms with Crippen LogP contribution >= 0.6 is 0 Å². The minimum Gasteiger partial charge on any atom is -0.494 e. The van der Waals surface area contributed by atoms with Crippen molar-refractivity contribution in [1.82, 2.24) is 4.90 Å². The molecule has 5 nitrogen and oxygen atoms in total. The minimum atomic E-state index is -0.421. The zero-order chi connectivity index (χ0) is 17.7. The summed E-state index contributed by atoms with van der Waals surface area (Å²) in [6.45, 7) is 4.13. The van der Waals surface area contributed by atoms with E-state index in [0.29, 0.717) is 18.8 Å². The summed E-state index contributed by atoms with van der Waals surface area (Å²) in [7, 11) is 0. The first-order chi connectivity index (χ1) is 12.1. The van der Waals surface area contributed by atoms with Gasteiger partial charge in [0.2, 0.25) is 5.91 Å². The SMILES string of the molecule is NC(=O)c1ccc(OCCCN2CCC[C@@](CO)(CC3CC3)C2)cc1. The molecule has 0 radical (unpaired) electrons.